The van der Waals surface area contributed by atoms with Gasteiger partial charge in [0.2, 0.25) is 0 Å². The van der Waals surface area contributed by atoms with Crippen molar-refractivity contribution in [3.8, 4) is 22.6 Å². The summed E-state index contributed by atoms with van der Waals surface area (Å²) < 4.78 is 6.40. The van der Waals surface area contributed by atoms with Crippen LogP contribution in [0.1, 0.15) is 0 Å². The Balaban J connectivity index is 1.89. The van der Waals surface area contributed by atoms with Gasteiger partial charge in [0.25, 0.3) is 0 Å². The molecule has 0 N–H and O–H groups in total. The Hall–Kier alpha value is -3.58. The molecule has 0 aliphatic carbocycles. The molecule has 0 unspecified atom stereocenters. The maximum absolute atomic E-state index is 6.40. The predicted molar refractivity (Wildman–Crippen MR) is 113 cm³/mol. The largest absolute Gasteiger partial charge is 0.456 e. The minimum Gasteiger partial charge on any atom is -0.456 e. The van der Waals surface area contributed by atoms with Crippen LogP contribution in [0, 0.1) is 0 Å². The van der Waals surface area contributed by atoms with Crippen molar-refractivity contribution >= 4 is 21.5 Å². The van der Waals surface area contributed by atoms with Crippen molar-refractivity contribution in [2.45, 2.75) is 0 Å². The first-order chi connectivity index (χ1) is 13.4. The average Bonchev–Trinajstić information content (AvgIpc) is 2.75. The zero-order valence-electron chi connectivity index (χ0n) is 14.8. The third-order valence-corrected chi connectivity index (χ3v) is 4.91. The average molecular weight is 346 g/mol. The predicted octanol–water partition coefficient (Wildman–Crippen LogP) is 7.45. The van der Waals surface area contributed by atoms with Crippen LogP contribution in [0.25, 0.3) is 32.7 Å². The van der Waals surface area contributed by atoms with Gasteiger partial charge >= 0.3 is 0 Å². The molecule has 1 nitrogen and oxygen atoms in total. The second kappa shape index (κ2) is 6.62. The molecule has 0 aliphatic heterocycles. The summed E-state index contributed by atoms with van der Waals surface area (Å²) >= 11 is 0. The molecule has 0 fully saturated rings. The van der Waals surface area contributed by atoms with Gasteiger partial charge in [-0.1, -0.05) is 97.1 Å². The molecule has 0 heterocycles. The van der Waals surface area contributed by atoms with Crippen LogP contribution >= 0.6 is 0 Å². The van der Waals surface area contributed by atoms with Crippen LogP contribution in [0.3, 0.4) is 0 Å². The van der Waals surface area contributed by atoms with Gasteiger partial charge in [0.15, 0.2) is 0 Å². The van der Waals surface area contributed by atoms with Crippen molar-refractivity contribution in [2.24, 2.45) is 0 Å². The summed E-state index contributed by atoms with van der Waals surface area (Å²) in [5, 5.41) is 4.65. The van der Waals surface area contributed by atoms with Crippen LogP contribution in [-0.4, -0.2) is 0 Å². The highest BCUT2D eigenvalue weighted by Crippen LogP contribution is 2.44. The van der Waals surface area contributed by atoms with E-state index in [0.717, 1.165) is 22.3 Å². The third kappa shape index (κ3) is 2.74. The SMILES string of the molecule is c1ccc(Oc2c3ccccc3c(-c3ccccc3)c3ccccc23)cc1. The first-order valence-corrected chi connectivity index (χ1v) is 9.13. The van der Waals surface area contributed by atoms with Gasteiger partial charge in [-0.25, -0.2) is 0 Å². The Bertz CT molecular complexity index is 1170. The first kappa shape index (κ1) is 15.7. The molecule has 0 spiro atoms. The lowest BCUT2D eigenvalue weighted by atomic mass is 9.91. The van der Waals surface area contributed by atoms with E-state index in [4.69, 9.17) is 4.74 Å². The monoisotopic (exact) mass is 346 g/mol. The summed E-state index contributed by atoms with van der Waals surface area (Å²) in [6, 6.07) is 37.6. The van der Waals surface area contributed by atoms with E-state index in [2.05, 4.69) is 78.9 Å². The first-order valence-electron chi connectivity index (χ1n) is 9.13. The molecule has 1 heteroatoms. The van der Waals surface area contributed by atoms with E-state index in [1.807, 2.05) is 30.3 Å². The molecule has 5 aromatic rings. The Kier molecular flexibility index (Phi) is 3.84. The molecule has 0 saturated carbocycles. The van der Waals surface area contributed by atoms with Crippen molar-refractivity contribution in [1.82, 2.24) is 0 Å². The summed E-state index contributed by atoms with van der Waals surface area (Å²) in [4.78, 5) is 0. The number of benzene rings is 5. The van der Waals surface area contributed by atoms with Crippen LogP contribution in [0.15, 0.2) is 109 Å². The molecule has 128 valence electrons. The molecule has 0 bridgehead atoms. The van der Waals surface area contributed by atoms with E-state index in [1.165, 1.54) is 21.9 Å². The molecule has 0 saturated heterocycles. The molecule has 5 aromatic carbocycles. The van der Waals surface area contributed by atoms with Gasteiger partial charge < -0.3 is 4.74 Å². The smallest absolute Gasteiger partial charge is 0.143 e. The second-order valence-electron chi connectivity index (χ2n) is 6.58. The Morgan fingerprint density at radius 2 is 0.852 bits per heavy atom. The Labute approximate surface area is 158 Å². The molecular formula is C26H18O. The van der Waals surface area contributed by atoms with Gasteiger partial charge in [0.1, 0.15) is 11.5 Å². The van der Waals surface area contributed by atoms with E-state index in [1.54, 1.807) is 0 Å². The number of para-hydroxylation sites is 1. The van der Waals surface area contributed by atoms with E-state index in [9.17, 15) is 0 Å². The van der Waals surface area contributed by atoms with E-state index in [-0.39, 0.29) is 0 Å². The molecule has 0 aliphatic rings. The zero-order chi connectivity index (χ0) is 18.1. The fraction of sp³-hybridized carbons (Fsp3) is 0. The van der Waals surface area contributed by atoms with E-state index < -0.39 is 0 Å². The maximum atomic E-state index is 6.40. The normalized spacial score (nSPS) is 11.0. The summed E-state index contributed by atoms with van der Waals surface area (Å²) in [5.74, 6) is 1.76. The standard InChI is InChI=1S/C26H18O/c1-3-11-19(12-4-1)25-21-15-7-9-17-23(21)26(24-18-10-8-16-22(24)25)27-20-13-5-2-6-14-20/h1-18H. The summed E-state index contributed by atoms with van der Waals surface area (Å²) in [6.45, 7) is 0. The van der Waals surface area contributed by atoms with Crippen LogP contribution in [-0.2, 0) is 0 Å². The van der Waals surface area contributed by atoms with Gasteiger partial charge in [0, 0.05) is 10.8 Å². The molecule has 27 heavy (non-hydrogen) atoms. The summed E-state index contributed by atoms with van der Waals surface area (Å²) in [7, 11) is 0. The molecule has 0 radical (unpaired) electrons. The Morgan fingerprint density at radius 3 is 1.41 bits per heavy atom. The lowest BCUT2D eigenvalue weighted by Crippen LogP contribution is -1.91. The van der Waals surface area contributed by atoms with Gasteiger partial charge in [-0.05, 0) is 34.0 Å². The van der Waals surface area contributed by atoms with Gasteiger partial charge in [-0.3, -0.25) is 0 Å². The molecular weight excluding hydrogens is 328 g/mol. The van der Waals surface area contributed by atoms with Gasteiger partial charge in [-0.2, -0.15) is 0 Å². The van der Waals surface area contributed by atoms with Crippen LogP contribution in [0.4, 0.5) is 0 Å². The Morgan fingerprint density at radius 1 is 0.407 bits per heavy atom. The number of hydrogen-bond acceptors (Lipinski definition) is 1. The lowest BCUT2D eigenvalue weighted by molar-refractivity contribution is 0.494. The number of ether oxygens (including phenoxy) is 1. The molecule has 0 aromatic heterocycles. The van der Waals surface area contributed by atoms with E-state index in [0.29, 0.717) is 0 Å². The van der Waals surface area contributed by atoms with Crippen LogP contribution in [0.2, 0.25) is 0 Å². The second-order valence-corrected chi connectivity index (χ2v) is 6.58. The minimum atomic E-state index is 0.847. The van der Waals surface area contributed by atoms with Crippen molar-refractivity contribution in [3.05, 3.63) is 109 Å². The lowest BCUT2D eigenvalue weighted by Gasteiger charge is -2.17. The molecule has 0 atom stereocenters. The van der Waals surface area contributed by atoms with Crippen LogP contribution in [0.5, 0.6) is 11.5 Å². The maximum Gasteiger partial charge on any atom is 0.143 e. The van der Waals surface area contributed by atoms with Crippen molar-refractivity contribution in [1.29, 1.82) is 0 Å². The van der Waals surface area contributed by atoms with Gasteiger partial charge in [0.05, 0.1) is 0 Å². The molecule has 0 amide bonds. The zero-order valence-corrected chi connectivity index (χ0v) is 14.8. The highest BCUT2D eigenvalue weighted by Gasteiger charge is 2.16. The number of hydrogen-bond donors (Lipinski definition) is 0. The summed E-state index contributed by atoms with van der Waals surface area (Å²) in [5.41, 5.74) is 2.47. The summed E-state index contributed by atoms with van der Waals surface area (Å²) in [6.07, 6.45) is 0. The topological polar surface area (TPSA) is 9.23 Å². The van der Waals surface area contributed by atoms with Crippen molar-refractivity contribution in [2.75, 3.05) is 0 Å². The third-order valence-electron chi connectivity index (χ3n) is 4.91. The van der Waals surface area contributed by atoms with Crippen LogP contribution < -0.4 is 4.74 Å². The van der Waals surface area contributed by atoms with E-state index >= 15 is 0 Å². The highest BCUT2D eigenvalue weighted by atomic mass is 16.5. The number of rotatable bonds is 3. The number of fused-ring (bicyclic) bond motifs is 2. The fourth-order valence-corrected chi connectivity index (χ4v) is 3.72. The van der Waals surface area contributed by atoms with Crippen molar-refractivity contribution < 1.29 is 4.74 Å². The van der Waals surface area contributed by atoms with Crippen molar-refractivity contribution in [3.63, 3.8) is 0 Å². The highest BCUT2D eigenvalue weighted by molar-refractivity contribution is 6.17. The van der Waals surface area contributed by atoms with Gasteiger partial charge in [-0.15, -0.1) is 0 Å². The minimum absolute atomic E-state index is 0.847. The fourth-order valence-electron chi connectivity index (χ4n) is 3.72. The quantitative estimate of drug-likeness (QED) is 0.308. The molecule has 5 rings (SSSR count).